The van der Waals surface area contributed by atoms with Crippen molar-refractivity contribution in [3.05, 3.63) is 64.1 Å². The Bertz CT molecular complexity index is 785. The standard InChI is InChI=1S/C17H16BrN3/c1-11-7-12(2)9-13(8-11)21-17(19)10-16(20-21)14-5-3-4-6-15(14)18/h3-10H,19H2,1-2H3. The largest absolute Gasteiger partial charge is 0.384 e. The molecule has 0 saturated heterocycles. The number of nitrogen functional groups attached to an aromatic ring is 1. The highest BCUT2D eigenvalue weighted by Gasteiger charge is 2.11. The lowest BCUT2D eigenvalue weighted by Gasteiger charge is -2.07. The fourth-order valence-electron chi connectivity index (χ4n) is 2.48. The molecule has 0 fully saturated rings. The Labute approximate surface area is 132 Å². The Morgan fingerprint density at radius 1 is 1.00 bits per heavy atom. The lowest BCUT2D eigenvalue weighted by molar-refractivity contribution is 0.892. The van der Waals surface area contributed by atoms with Crippen molar-refractivity contribution in [1.29, 1.82) is 0 Å². The van der Waals surface area contributed by atoms with Crippen LogP contribution in [-0.2, 0) is 0 Å². The predicted molar refractivity (Wildman–Crippen MR) is 90.6 cm³/mol. The van der Waals surface area contributed by atoms with Crippen molar-refractivity contribution in [3.63, 3.8) is 0 Å². The van der Waals surface area contributed by atoms with Gasteiger partial charge < -0.3 is 5.73 Å². The van der Waals surface area contributed by atoms with Gasteiger partial charge >= 0.3 is 0 Å². The first kappa shape index (κ1) is 13.9. The first-order valence-electron chi connectivity index (χ1n) is 6.74. The lowest BCUT2D eigenvalue weighted by atomic mass is 10.1. The van der Waals surface area contributed by atoms with E-state index in [0.717, 1.165) is 21.4 Å². The number of anilines is 1. The molecule has 0 aliphatic rings. The van der Waals surface area contributed by atoms with E-state index in [1.807, 2.05) is 30.3 Å². The molecule has 0 spiro atoms. The smallest absolute Gasteiger partial charge is 0.127 e. The summed E-state index contributed by atoms with van der Waals surface area (Å²) in [5, 5.41) is 4.65. The maximum atomic E-state index is 6.15. The van der Waals surface area contributed by atoms with Crippen LogP contribution in [0.3, 0.4) is 0 Å². The average molecular weight is 342 g/mol. The molecule has 2 N–H and O–H groups in total. The number of hydrogen-bond donors (Lipinski definition) is 1. The van der Waals surface area contributed by atoms with E-state index in [0.29, 0.717) is 5.82 Å². The average Bonchev–Trinajstić information content (AvgIpc) is 2.80. The van der Waals surface area contributed by atoms with Crippen molar-refractivity contribution in [2.24, 2.45) is 0 Å². The Morgan fingerprint density at radius 3 is 2.33 bits per heavy atom. The molecule has 0 unspecified atom stereocenters. The first-order valence-corrected chi connectivity index (χ1v) is 7.53. The molecule has 21 heavy (non-hydrogen) atoms. The number of hydrogen-bond acceptors (Lipinski definition) is 2. The van der Waals surface area contributed by atoms with E-state index in [9.17, 15) is 0 Å². The van der Waals surface area contributed by atoms with E-state index >= 15 is 0 Å². The number of halogens is 1. The van der Waals surface area contributed by atoms with Gasteiger partial charge in [-0.1, -0.05) is 40.2 Å². The van der Waals surface area contributed by atoms with Gasteiger partial charge in [-0.25, -0.2) is 4.68 Å². The van der Waals surface area contributed by atoms with E-state index in [1.165, 1.54) is 11.1 Å². The van der Waals surface area contributed by atoms with Gasteiger partial charge in [0.15, 0.2) is 0 Å². The van der Waals surface area contributed by atoms with E-state index in [4.69, 9.17) is 5.73 Å². The quantitative estimate of drug-likeness (QED) is 0.745. The van der Waals surface area contributed by atoms with Crippen LogP contribution >= 0.6 is 15.9 Å². The van der Waals surface area contributed by atoms with Crippen LogP contribution in [0.1, 0.15) is 11.1 Å². The van der Waals surface area contributed by atoms with E-state index < -0.39 is 0 Å². The van der Waals surface area contributed by atoms with Crippen molar-refractivity contribution >= 4 is 21.7 Å². The molecule has 0 amide bonds. The second-order valence-electron chi connectivity index (χ2n) is 5.19. The summed E-state index contributed by atoms with van der Waals surface area (Å²) in [6.45, 7) is 4.15. The molecule has 1 heterocycles. The Kier molecular flexibility index (Phi) is 3.55. The van der Waals surface area contributed by atoms with Gasteiger partial charge in [0.25, 0.3) is 0 Å². The number of nitrogens with two attached hydrogens (primary N) is 1. The van der Waals surface area contributed by atoms with E-state index in [-0.39, 0.29) is 0 Å². The molecule has 3 aromatic rings. The van der Waals surface area contributed by atoms with Gasteiger partial charge in [-0.3, -0.25) is 0 Å². The van der Waals surface area contributed by atoms with Crippen molar-refractivity contribution in [2.75, 3.05) is 5.73 Å². The monoisotopic (exact) mass is 341 g/mol. The number of aryl methyl sites for hydroxylation is 2. The number of benzene rings is 2. The van der Waals surface area contributed by atoms with E-state index in [2.05, 4.69) is 53.1 Å². The normalized spacial score (nSPS) is 10.8. The zero-order valence-corrected chi connectivity index (χ0v) is 13.6. The number of rotatable bonds is 2. The van der Waals surface area contributed by atoms with Crippen LogP contribution < -0.4 is 5.73 Å². The minimum absolute atomic E-state index is 0.630. The second-order valence-corrected chi connectivity index (χ2v) is 6.05. The third-order valence-electron chi connectivity index (χ3n) is 3.34. The summed E-state index contributed by atoms with van der Waals surface area (Å²) in [6, 6.07) is 16.2. The molecule has 1 aromatic heterocycles. The van der Waals surface area contributed by atoms with Gasteiger partial charge in [0, 0.05) is 16.1 Å². The van der Waals surface area contributed by atoms with Crippen LogP contribution in [0.15, 0.2) is 53.0 Å². The summed E-state index contributed by atoms with van der Waals surface area (Å²) in [4.78, 5) is 0. The zero-order valence-electron chi connectivity index (χ0n) is 12.0. The van der Waals surface area contributed by atoms with Crippen LogP contribution in [-0.4, -0.2) is 9.78 Å². The summed E-state index contributed by atoms with van der Waals surface area (Å²) >= 11 is 3.56. The summed E-state index contributed by atoms with van der Waals surface area (Å²) in [6.07, 6.45) is 0. The van der Waals surface area contributed by atoms with Gasteiger partial charge in [0.2, 0.25) is 0 Å². The van der Waals surface area contributed by atoms with Crippen LogP contribution in [0.2, 0.25) is 0 Å². The SMILES string of the molecule is Cc1cc(C)cc(-n2nc(-c3ccccc3Br)cc2N)c1. The predicted octanol–water partition coefficient (Wildman–Crippen LogP) is 4.50. The fraction of sp³-hybridized carbons (Fsp3) is 0.118. The molecule has 0 saturated carbocycles. The highest BCUT2D eigenvalue weighted by Crippen LogP contribution is 2.29. The summed E-state index contributed by atoms with van der Waals surface area (Å²) in [5.41, 5.74) is 11.4. The van der Waals surface area contributed by atoms with Gasteiger partial charge in [-0.05, 0) is 43.2 Å². The number of aromatic nitrogens is 2. The van der Waals surface area contributed by atoms with Gasteiger partial charge in [-0.2, -0.15) is 5.10 Å². The maximum absolute atomic E-state index is 6.15. The van der Waals surface area contributed by atoms with Crippen LogP contribution in [0.5, 0.6) is 0 Å². The second kappa shape index (κ2) is 5.37. The van der Waals surface area contributed by atoms with Gasteiger partial charge in [-0.15, -0.1) is 0 Å². The molecule has 2 aromatic carbocycles. The van der Waals surface area contributed by atoms with Crippen LogP contribution in [0.4, 0.5) is 5.82 Å². The highest BCUT2D eigenvalue weighted by atomic mass is 79.9. The van der Waals surface area contributed by atoms with Crippen molar-refractivity contribution in [3.8, 4) is 16.9 Å². The minimum atomic E-state index is 0.630. The van der Waals surface area contributed by atoms with Crippen molar-refractivity contribution in [2.45, 2.75) is 13.8 Å². The molecule has 0 aliphatic carbocycles. The molecule has 4 heteroatoms. The fourth-order valence-corrected chi connectivity index (χ4v) is 2.96. The zero-order chi connectivity index (χ0) is 15.0. The Morgan fingerprint density at radius 2 is 1.67 bits per heavy atom. The molecular weight excluding hydrogens is 326 g/mol. The Balaban J connectivity index is 2.12. The van der Waals surface area contributed by atoms with Crippen LogP contribution in [0, 0.1) is 13.8 Å². The molecule has 0 aliphatic heterocycles. The topological polar surface area (TPSA) is 43.8 Å². The highest BCUT2D eigenvalue weighted by molar-refractivity contribution is 9.10. The molecule has 0 radical (unpaired) electrons. The van der Waals surface area contributed by atoms with Gasteiger partial charge in [0.1, 0.15) is 5.82 Å². The van der Waals surface area contributed by atoms with E-state index in [1.54, 1.807) is 4.68 Å². The summed E-state index contributed by atoms with van der Waals surface area (Å²) < 4.78 is 2.80. The molecule has 3 nitrogen and oxygen atoms in total. The molecular formula is C17H16BrN3. The number of nitrogens with zero attached hydrogens (tertiary/aromatic N) is 2. The Hall–Kier alpha value is -2.07. The lowest BCUT2D eigenvalue weighted by Crippen LogP contribution is -2.02. The summed E-state index contributed by atoms with van der Waals surface area (Å²) in [5.74, 6) is 0.630. The van der Waals surface area contributed by atoms with Gasteiger partial charge in [0.05, 0.1) is 11.4 Å². The summed E-state index contributed by atoms with van der Waals surface area (Å²) in [7, 11) is 0. The third kappa shape index (κ3) is 2.72. The van der Waals surface area contributed by atoms with Crippen LogP contribution in [0.25, 0.3) is 16.9 Å². The molecule has 0 bridgehead atoms. The van der Waals surface area contributed by atoms with Crippen molar-refractivity contribution < 1.29 is 0 Å². The third-order valence-corrected chi connectivity index (χ3v) is 4.03. The molecule has 106 valence electrons. The molecule has 0 atom stereocenters. The first-order chi connectivity index (χ1) is 10.0. The molecule has 3 rings (SSSR count). The van der Waals surface area contributed by atoms with Crippen molar-refractivity contribution in [1.82, 2.24) is 9.78 Å². The minimum Gasteiger partial charge on any atom is -0.384 e. The maximum Gasteiger partial charge on any atom is 0.127 e.